The van der Waals surface area contributed by atoms with Crippen molar-refractivity contribution >= 4 is 46.5 Å². The first-order chi connectivity index (χ1) is 14.5. The maximum atomic E-state index is 12.6. The van der Waals surface area contributed by atoms with Gasteiger partial charge < -0.3 is 5.32 Å². The van der Waals surface area contributed by atoms with Crippen LogP contribution in [-0.4, -0.2) is 15.7 Å². The highest BCUT2D eigenvalue weighted by Gasteiger charge is 2.13. The van der Waals surface area contributed by atoms with Crippen LogP contribution in [0.2, 0.25) is 15.1 Å². The lowest BCUT2D eigenvalue weighted by molar-refractivity contribution is 0.102. The van der Waals surface area contributed by atoms with Crippen molar-refractivity contribution in [3.05, 3.63) is 105 Å². The number of benzene rings is 3. The first-order valence-corrected chi connectivity index (χ1v) is 10.3. The van der Waals surface area contributed by atoms with E-state index in [9.17, 15) is 4.79 Å². The van der Waals surface area contributed by atoms with Crippen LogP contribution in [0.25, 0.3) is 11.1 Å². The van der Waals surface area contributed by atoms with Crippen molar-refractivity contribution in [2.75, 3.05) is 5.32 Å². The van der Waals surface area contributed by atoms with Gasteiger partial charge in [-0.25, -0.2) is 0 Å². The average Bonchev–Trinajstić information content (AvgIpc) is 3.10. The van der Waals surface area contributed by atoms with Gasteiger partial charge in [0, 0.05) is 11.8 Å². The molecule has 1 aromatic heterocycles. The van der Waals surface area contributed by atoms with E-state index < -0.39 is 0 Å². The van der Waals surface area contributed by atoms with Crippen LogP contribution in [0.3, 0.4) is 0 Å². The van der Waals surface area contributed by atoms with Gasteiger partial charge in [0.15, 0.2) is 5.82 Å². The standard InChI is InChI=1S/C23H16Cl3N3O/c24-19-11-6-15(12-20(19)25)13-29-14-21(26)22(28-29)27-23(30)18-9-7-17(8-10-18)16-4-2-1-3-5-16/h1-12,14H,13H2,(H,27,28,30). The smallest absolute Gasteiger partial charge is 0.256 e. The Morgan fingerprint density at radius 3 is 2.23 bits per heavy atom. The molecule has 4 aromatic rings. The third-order valence-electron chi connectivity index (χ3n) is 4.53. The van der Waals surface area contributed by atoms with Crippen LogP contribution < -0.4 is 5.32 Å². The Bertz CT molecular complexity index is 1190. The van der Waals surface area contributed by atoms with E-state index in [1.54, 1.807) is 35.1 Å². The molecule has 0 saturated carbocycles. The van der Waals surface area contributed by atoms with Crippen molar-refractivity contribution in [1.29, 1.82) is 0 Å². The molecule has 0 aliphatic rings. The third kappa shape index (κ3) is 4.68. The third-order valence-corrected chi connectivity index (χ3v) is 5.55. The predicted octanol–water partition coefficient (Wildman–Crippen LogP) is 6.81. The van der Waals surface area contributed by atoms with E-state index >= 15 is 0 Å². The summed E-state index contributed by atoms with van der Waals surface area (Å²) < 4.78 is 1.63. The zero-order chi connectivity index (χ0) is 21.1. The molecule has 0 bridgehead atoms. The molecule has 3 aromatic carbocycles. The molecular weight excluding hydrogens is 441 g/mol. The summed E-state index contributed by atoms with van der Waals surface area (Å²) in [6, 6.07) is 22.7. The number of nitrogens with one attached hydrogen (secondary N) is 1. The van der Waals surface area contributed by atoms with Crippen LogP contribution in [0.15, 0.2) is 79.0 Å². The molecule has 30 heavy (non-hydrogen) atoms. The molecule has 0 aliphatic carbocycles. The molecule has 1 amide bonds. The summed E-state index contributed by atoms with van der Waals surface area (Å²) in [5.41, 5.74) is 3.56. The molecule has 7 heteroatoms. The number of halogens is 3. The molecule has 1 heterocycles. The van der Waals surface area contributed by atoms with Crippen LogP contribution >= 0.6 is 34.8 Å². The first kappa shape index (κ1) is 20.5. The van der Waals surface area contributed by atoms with Crippen LogP contribution in [0.5, 0.6) is 0 Å². The SMILES string of the molecule is O=C(Nc1nn(Cc2ccc(Cl)c(Cl)c2)cc1Cl)c1ccc(-c2ccccc2)cc1. The average molecular weight is 457 g/mol. The highest BCUT2D eigenvalue weighted by molar-refractivity contribution is 6.42. The van der Waals surface area contributed by atoms with Gasteiger partial charge in [0.2, 0.25) is 0 Å². The molecule has 0 fully saturated rings. The molecule has 150 valence electrons. The van der Waals surface area contributed by atoms with Crippen molar-refractivity contribution in [2.45, 2.75) is 6.54 Å². The van der Waals surface area contributed by atoms with E-state index in [-0.39, 0.29) is 5.91 Å². The highest BCUT2D eigenvalue weighted by atomic mass is 35.5. The molecule has 4 rings (SSSR count). The monoisotopic (exact) mass is 455 g/mol. The summed E-state index contributed by atoms with van der Waals surface area (Å²) in [7, 11) is 0. The maximum Gasteiger partial charge on any atom is 0.256 e. The molecule has 0 aliphatic heterocycles. The molecular formula is C23H16Cl3N3O. The van der Waals surface area contributed by atoms with Crippen molar-refractivity contribution in [1.82, 2.24) is 9.78 Å². The largest absolute Gasteiger partial charge is 0.304 e. The number of hydrogen-bond acceptors (Lipinski definition) is 2. The summed E-state index contributed by atoms with van der Waals surface area (Å²) in [6.07, 6.45) is 1.65. The van der Waals surface area contributed by atoms with Gasteiger partial charge in [0.05, 0.1) is 16.6 Å². The molecule has 0 unspecified atom stereocenters. The second-order valence-corrected chi connectivity index (χ2v) is 7.89. The minimum atomic E-state index is -0.281. The number of carbonyl (C=O) groups is 1. The fraction of sp³-hybridized carbons (Fsp3) is 0.0435. The molecule has 0 spiro atoms. The Kier molecular flexibility index (Phi) is 6.09. The van der Waals surface area contributed by atoms with Gasteiger partial charge in [0.25, 0.3) is 5.91 Å². The Balaban J connectivity index is 1.46. The summed E-state index contributed by atoms with van der Waals surface area (Å²) in [4.78, 5) is 12.6. The Morgan fingerprint density at radius 2 is 1.53 bits per heavy atom. The van der Waals surface area contributed by atoms with Gasteiger partial charge in [-0.2, -0.15) is 5.10 Å². The zero-order valence-electron chi connectivity index (χ0n) is 15.6. The Hall–Kier alpha value is -2.79. The lowest BCUT2D eigenvalue weighted by atomic mass is 10.0. The second-order valence-electron chi connectivity index (χ2n) is 6.67. The number of hydrogen-bond donors (Lipinski definition) is 1. The van der Waals surface area contributed by atoms with E-state index in [4.69, 9.17) is 34.8 Å². The summed E-state index contributed by atoms with van der Waals surface area (Å²) in [5.74, 6) is 0.0187. The van der Waals surface area contributed by atoms with E-state index in [1.165, 1.54) is 0 Å². The van der Waals surface area contributed by atoms with Gasteiger partial charge in [-0.1, -0.05) is 83.3 Å². The molecule has 0 atom stereocenters. The van der Waals surface area contributed by atoms with Crippen molar-refractivity contribution in [3.63, 3.8) is 0 Å². The van der Waals surface area contributed by atoms with E-state index in [0.717, 1.165) is 16.7 Å². The lowest BCUT2D eigenvalue weighted by Gasteiger charge is -2.06. The molecule has 1 N–H and O–H groups in total. The number of nitrogens with zero attached hydrogens (tertiary/aromatic N) is 2. The van der Waals surface area contributed by atoms with Gasteiger partial charge in [-0.3, -0.25) is 9.48 Å². The number of carbonyl (C=O) groups excluding carboxylic acids is 1. The molecule has 4 nitrogen and oxygen atoms in total. The van der Waals surface area contributed by atoms with Crippen LogP contribution in [-0.2, 0) is 6.54 Å². The summed E-state index contributed by atoms with van der Waals surface area (Å²) >= 11 is 18.3. The number of rotatable bonds is 5. The molecule has 0 saturated heterocycles. The van der Waals surface area contributed by atoms with Crippen LogP contribution in [0.4, 0.5) is 5.82 Å². The minimum absolute atomic E-state index is 0.281. The second kappa shape index (κ2) is 8.92. The Labute approximate surface area is 189 Å². The Morgan fingerprint density at radius 1 is 0.833 bits per heavy atom. The van der Waals surface area contributed by atoms with Gasteiger partial charge in [-0.15, -0.1) is 0 Å². The number of aromatic nitrogens is 2. The van der Waals surface area contributed by atoms with Crippen molar-refractivity contribution in [3.8, 4) is 11.1 Å². The van der Waals surface area contributed by atoms with E-state index in [1.807, 2.05) is 48.5 Å². The lowest BCUT2D eigenvalue weighted by Crippen LogP contribution is -2.13. The minimum Gasteiger partial charge on any atom is -0.304 e. The fourth-order valence-electron chi connectivity index (χ4n) is 3.01. The van der Waals surface area contributed by atoms with E-state index in [0.29, 0.717) is 33.0 Å². The van der Waals surface area contributed by atoms with Crippen molar-refractivity contribution in [2.24, 2.45) is 0 Å². The first-order valence-electron chi connectivity index (χ1n) is 9.13. The van der Waals surface area contributed by atoms with Crippen molar-refractivity contribution < 1.29 is 4.79 Å². The molecule has 0 radical (unpaired) electrons. The predicted molar refractivity (Wildman–Crippen MR) is 123 cm³/mol. The summed E-state index contributed by atoms with van der Waals surface area (Å²) in [5, 5.41) is 8.44. The van der Waals surface area contributed by atoms with Crippen LogP contribution in [0.1, 0.15) is 15.9 Å². The van der Waals surface area contributed by atoms with Gasteiger partial charge in [0.1, 0.15) is 5.02 Å². The number of amides is 1. The fourth-order valence-corrected chi connectivity index (χ4v) is 3.53. The maximum absolute atomic E-state index is 12.6. The quantitative estimate of drug-likeness (QED) is 0.358. The van der Waals surface area contributed by atoms with Crippen LogP contribution in [0, 0.1) is 0 Å². The zero-order valence-corrected chi connectivity index (χ0v) is 17.9. The normalized spacial score (nSPS) is 10.8. The highest BCUT2D eigenvalue weighted by Crippen LogP contribution is 2.25. The van der Waals surface area contributed by atoms with E-state index in [2.05, 4.69) is 10.4 Å². The number of anilines is 1. The topological polar surface area (TPSA) is 46.9 Å². The summed E-state index contributed by atoms with van der Waals surface area (Å²) in [6.45, 7) is 0.443. The van der Waals surface area contributed by atoms with Gasteiger partial charge in [-0.05, 0) is 41.0 Å². The van der Waals surface area contributed by atoms with Gasteiger partial charge >= 0.3 is 0 Å².